The maximum Gasteiger partial charge on any atom is 0.263 e. The number of pyridine rings is 1. The van der Waals surface area contributed by atoms with Crippen molar-refractivity contribution in [2.24, 2.45) is 0 Å². The van der Waals surface area contributed by atoms with Gasteiger partial charge in [-0.3, -0.25) is 9.71 Å². The summed E-state index contributed by atoms with van der Waals surface area (Å²) in [7, 11) is -1.88. The number of sulfonamides is 1. The van der Waals surface area contributed by atoms with Crippen LogP contribution in [0.3, 0.4) is 0 Å². The summed E-state index contributed by atoms with van der Waals surface area (Å²) in [6.07, 6.45) is 4.13. The van der Waals surface area contributed by atoms with Crippen molar-refractivity contribution in [1.29, 1.82) is 0 Å². The molecule has 0 bridgehead atoms. The monoisotopic (exact) mass is 333 g/mol. The van der Waals surface area contributed by atoms with Gasteiger partial charge in [0.2, 0.25) is 0 Å². The van der Waals surface area contributed by atoms with E-state index in [9.17, 15) is 8.42 Å². The number of anilines is 2. The first kappa shape index (κ1) is 15.8. The van der Waals surface area contributed by atoms with Gasteiger partial charge < -0.3 is 9.64 Å². The maximum absolute atomic E-state index is 12.2. The average molecular weight is 333 g/mol. The van der Waals surface area contributed by atoms with Crippen LogP contribution >= 0.6 is 0 Å². The van der Waals surface area contributed by atoms with Gasteiger partial charge in [-0.1, -0.05) is 0 Å². The lowest BCUT2D eigenvalue weighted by atomic mass is 10.2. The second kappa shape index (κ2) is 6.55. The Balaban J connectivity index is 1.71. The minimum absolute atomic E-state index is 0.145. The van der Waals surface area contributed by atoms with Gasteiger partial charge in [0, 0.05) is 44.0 Å². The Kier molecular flexibility index (Phi) is 4.49. The predicted molar refractivity (Wildman–Crippen MR) is 89.1 cm³/mol. The highest BCUT2D eigenvalue weighted by Gasteiger charge is 2.22. The Hall–Kier alpha value is -2.12. The Morgan fingerprint density at radius 2 is 2.04 bits per heavy atom. The van der Waals surface area contributed by atoms with Crippen LogP contribution in [0.25, 0.3) is 0 Å². The molecule has 0 unspecified atom stereocenters. The molecule has 3 rings (SSSR count). The van der Waals surface area contributed by atoms with Crippen LogP contribution in [0.2, 0.25) is 0 Å². The largest absolute Gasteiger partial charge is 0.380 e. The highest BCUT2D eigenvalue weighted by atomic mass is 32.2. The van der Waals surface area contributed by atoms with Crippen molar-refractivity contribution in [2.45, 2.75) is 17.4 Å². The molecule has 0 amide bonds. The SMILES string of the molecule is CO[C@H]1CCN(c2ccc(NS(=O)(=O)c3cccnc3)cc2)C1. The van der Waals surface area contributed by atoms with E-state index in [2.05, 4.69) is 14.6 Å². The fourth-order valence-electron chi connectivity index (χ4n) is 2.62. The Morgan fingerprint density at radius 1 is 1.26 bits per heavy atom. The molecule has 0 aliphatic carbocycles. The van der Waals surface area contributed by atoms with E-state index in [0.717, 1.165) is 25.2 Å². The van der Waals surface area contributed by atoms with Crippen LogP contribution in [-0.4, -0.2) is 39.7 Å². The lowest BCUT2D eigenvalue weighted by Gasteiger charge is -2.18. The van der Waals surface area contributed by atoms with E-state index in [0.29, 0.717) is 5.69 Å². The molecule has 122 valence electrons. The third-order valence-corrected chi connectivity index (χ3v) is 5.27. The second-order valence-corrected chi connectivity index (χ2v) is 7.12. The number of hydrogen-bond donors (Lipinski definition) is 1. The lowest BCUT2D eigenvalue weighted by Crippen LogP contribution is -2.22. The van der Waals surface area contributed by atoms with Crippen molar-refractivity contribution in [3.8, 4) is 0 Å². The van der Waals surface area contributed by atoms with Crippen molar-refractivity contribution < 1.29 is 13.2 Å². The molecule has 1 aliphatic rings. The molecule has 2 heterocycles. The van der Waals surface area contributed by atoms with Crippen molar-refractivity contribution in [3.63, 3.8) is 0 Å². The molecule has 1 N–H and O–H groups in total. The number of nitrogens with zero attached hydrogens (tertiary/aromatic N) is 2. The molecule has 0 saturated carbocycles. The molecular formula is C16H19N3O3S. The number of aromatic nitrogens is 1. The zero-order valence-corrected chi connectivity index (χ0v) is 13.7. The number of benzene rings is 1. The number of nitrogens with one attached hydrogen (secondary N) is 1. The quantitative estimate of drug-likeness (QED) is 0.907. The van der Waals surface area contributed by atoms with Crippen LogP contribution in [0.15, 0.2) is 53.7 Å². The summed E-state index contributed by atoms with van der Waals surface area (Å²) >= 11 is 0. The summed E-state index contributed by atoms with van der Waals surface area (Å²) in [5.74, 6) is 0. The van der Waals surface area contributed by atoms with Gasteiger partial charge in [-0.25, -0.2) is 8.42 Å². The molecule has 1 atom stereocenters. The first-order chi connectivity index (χ1) is 11.1. The van der Waals surface area contributed by atoms with Crippen LogP contribution in [0.5, 0.6) is 0 Å². The summed E-state index contributed by atoms with van der Waals surface area (Å²) in [4.78, 5) is 6.21. The fourth-order valence-corrected chi connectivity index (χ4v) is 3.64. The summed E-state index contributed by atoms with van der Waals surface area (Å²) in [6.45, 7) is 1.80. The first-order valence-electron chi connectivity index (χ1n) is 7.39. The minimum atomic E-state index is -3.60. The van der Waals surface area contributed by atoms with Gasteiger partial charge in [-0.05, 0) is 42.8 Å². The maximum atomic E-state index is 12.2. The molecule has 0 radical (unpaired) electrons. The van der Waals surface area contributed by atoms with Gasteiger partial charge in [-0.2, -0.15) is 0 Å². The van der Waals surface area contributed by atoms with Gasteiger partial charge in [0.25, 0.3) is 10.0 Å². The summed E-state index contributed by atoms with van der Waals surface area (Å²) < 4.78 is 32.4. The molecule has 0 spiro atoms. The van der Waals surface area contributed by atoms with E-state index in [1.165, 1.54) is 18.5 Å². The molecule has 1 aromatic heterocycles. The molecule has 1 fully saturated rings. The van der Waals surface area contributed by atoms with E-state index in [4.69, 9.17) is 4.74 Å². The van der Waals surface area contributed by atoms with E-state index >= 15 is 0 Å². The van der Waals surface area contributed by atoms with Crippen LogP contribution in [-0.2, 0) is 14.8 Å². The third-order valence-electron chi connectivity index (χ3n) is 3.91. The zero-order chi connectivity index (χ0) is 16.3. The van der Waals surface area contributed by atoms with Crippen LogP contribution in [0, 0.1) is 0 Å². The van der Waals surface area contributed by atoms with Gasteiger partial charge >= 0.3 is 0 Å². The van der Waals surface area contributed by atoms with E-state index in [1.54, 1.807) is 25.3 Å². The molecule has 1 aromatic carbocycles. The van der Waals surface area contributed by atoms with Crippen molar-refractivity contribution in [2.75, 3.05) is 29.8 Å². The van der Waals surface area contributed by atoms with Gasteiger partial charge in [-0.15, -0.1) is 0 Å². The van der Waals surface area contributed by atoms with E-state index < -0.39 is 10.0 Å². The van der Waals surface area contributed by atoms with Crippen LogP contribution < -0.4 is 9.62 Å². The van der Waals surface area contributed by atoms with Gasteiger partial charge in [0.1, 0.15) is 4.90 Å². The highest BCUT2D eigenvalue weighted by molar-refractivity contribution is 7.92. The predicted octanol–water partition coefficient (Wildman–Crippen LogP) is 2.11. The van der Waals surface area contributed by atoms with Gasteiger partial charge in [0.05, 0.1) is 6.10 Å². The highest BCUT2D eigenvalue weighted by Crippen LogP contribution is 2.24. The minimum Gasteiger partial charge on any atom is -0.380 e. The third kappa shape index (κ3) is 3.62. The van der Waals surface area contributed by atoms with Crippen LogP contribution in [0.1, 0.15) is 6.42 Å². The molecule has 1 aliphatic heterocycles. The Morgan fingerprint density at radius 3 is 2.65 bits per heavy atom. The van der Waals surface area contributed by atoms with Crippen molar-refractivity contribution in [1.82, 2.24) is 4.98 Å². The number of methoxy groups -OCH3 is 1. The summed E-state index contributed by atoms with van der Waals surface area (Å²) in [5, 5.41) is 0. The van der Waals surface area contributed by atoms with E-state index in [1.807, 2.05) is 12.1 Å². The number of rotatable bonds is 5. The topological polar surface area (TPSA) is 71.5 Å². The average Bonchev–Trinajstić information content (AvgIpc) is 3.05. The first-order valence-corrected chi connectivity index (χ1v) is 8.87. The standard InChI is InChI=1S/C16H19N3O3S/c1-22-15-8-10-19(12-15)14-6-4-13(5-7-14)18-23(20,21)16-3-2-9-17-11-16/h2-7,9,11,15,18H,8,10,12H2,1H3/t15-/m0/s1. The van der Waals surface area contributed by atoms with E-state index in [-0.39, 0.29) is 11.0 Å². The van der Waals surface area contributed by atoms with Gasteiger partial charge in [0.15, 0.2) is 0 Å². The van der Waals surface area contributed by atoms with Crippen molar-refractivity contribution in [3.05, 3.63) is 48.8 Å². The lowest BCUT2D eigenvalue weighted by molar-refractivity contribution is 0.121. The van der Waals surface area contributed by atoms with Crippen LogP contribution in [0.4, 0.5) is 11.4 Å². The Labute approximate surface area is 136 Å². The fraction of sp³-hybridized carbons (Fsp3) is 0.312. The smallest absolute Gasteiger partial charge is 0.263 e. The molecule has 1 saturated heterocycles. The normalized spacial score (nSPS) is 18.1. The summed E-state index contributed by atoms with van der Waals surface area (Å²) in [6, 6.07) is 10.5. The number of ether oxygens (including phenoxy) is 1. The summed E-state index contributed by atoms with van der Waals surface area (Å²) in [5.41, 5.74) is 1.59. The molecule has 6 nitrogen and oxygen atoms in total. The molecule has 23 heavy (non-hydrogen) atoms. The molecule has 7 heteroatoms. The Bertz CT molecular complexity index is 748. The molecule has 2 aromatic rings. The number of hydrogen-bond acceptors (Lipinski definition) is 5. The second-order valence-electron chi connectivity index (χ2n) is 5.43. The van der Waals surface area contributed by atoms with Crippen molar-refractivity contribution >= 4 is 21.4 Å². The molecular weight excluding hydrogens is 314 g/mol. The zero-order valence-electron chi connectivity index (χ0n) is 12.8.